The monoisotopic (exact) mass is 375 g/mol. The number of carbonyl (C=O) groups excluding carboxylic acids is 1. The Labute approximate surface area is 163 Å². The van der Waals surface area contributed by atoms with Crippen LogP contribution in [0.4, 0.5) is 17.2 Å². The number of benzene rings is 2. The van der Waals surface area contributed by atoms with Crippen LogP contribution in [-0.4, -0.2) is 31.7 Å². The summed E-state index contributed by atoms with van der Waals surface area (Å²) in [7, 11) is 3.21. The van der Waals surface area contributed by atoms with E-state index in [2.05, 4.69) is 16.4 Å². The van der Waals surface area contributed by atoms with Gasteiger partial charge in [0.05, 0.1) is 25.5 Å². The Morgan fingerprint density at radius 3 is 2.68 bits per heavy atom. The molecule has 1 aromatic heterocycles. The molecule has 0 saturated carbocycles. The molecule has 0 radical (unpaired) electrons. The topological polar surface area (TPSA) is 63.7 Å². The quantitative estimate of drug-likeness (QED) is 0.729. The summed E-state index contributed by atoms with van der Waals surface area (Å²) in [6.07, 6.45) is 2.48. The molecule has 1 N–H and O–H groups in total. The minimum atomic E-state index is -0.0361. The van der Waals surface area contributed by atoms with Gasteiger partial charge in [-0.25, -0.2) is 4.98 Å². The zero-order chi connectivity index (χ0) is 19.5. The van der Waals surface area contributed by atoms with Gasteiger partial charge in [-0.15, -0.1) is 0 Å². The third-order valence-corrected chi connectivity index (χ3v) is 4.81. The van der Waals surface area contributed by atoms with Crippen molar-refractivity contribution in [3.8, 4) is 11.5 Å². The predicted molar refractivity (Wildman–Crippen MR) is 109 cm³/mol. The molecule has 1 aliphatic heterocycles. The number of pyridine rings is 1. The van der Waals surface area contributed by atoms with Gasteiger partial charge in [0.15, 0.2) is 0 Å². The SMILES string of the molecule is COc1ccc(Nc2ccc(C(=O)N3CCc4ccccc43)cn2)c(OC)c1. The summed E-state index contributed by atoms with van der Waals surface area (Å²) in [6.45, 7) is 0.696. The summed E-state index contributed by atoms with van der Waals surface area (Å²) < 4.78 is 10.6. The summed E-state index contributed by atoms with van der Waals surface area (Å²) in [5, 5.41) is 3.21. The van der Waals surface area contributed by atoms with Crippen molar-refractivity contribution in [2.75, 3.05) is 31.0 Å². The molecular formula is C22H21N3O3. The molecule has 1 aliphatic rings. The van der Waals surface area contributed by atoms with Crippen molar-refractivity contribution >= 4 is 23.1 Å². The molecule has 0 unspecified atom stereocenters. The van der Waals surface area contributed by atoms with E-state index in [0.29, 0.717) is 29.4 Å². The Hall–Kier alpha value is -3.54. The van der Waals surface area contributed by atoms with Gasteiger partial charge in [-0.2, -0.15) is 0 Å². The Morgan fingerprint density at radius 1 is 1.07 bits per heavy atom. The summed E-state index contributed by atoms with van der Waals surface area (Å²) in [5.41, 5.74) is 3.51. The Bertz CT molecular complexity index is 1000. The van der Waals surface area contributed by atoms with Gasteiger partial charge in [0.2, 0.25) is 0 Å². The summed E-state index contributed by atoms with van der Waals surface area (Å²) in [6, 6.07) is 17.1. The Morgan fingerprint density at radius 2 is 1.93 bits per heavy atom. The fraction of sp³-hybridized carbons (Fsp3) is 0.182. The minimum absolute atomic E-state index is 0.0361. The lowest BCUT2D eigenvalue weighted by Crippen LogP contribution is -2.28. The third kappa shape index (κ3) is 3.36. The first kappa shape index (κ1) is 17.9. The molecular weight excluding hydrogens is 354 g/mol. The van der Waals surface area contributed by atoms with Crippen LogP contribution in [0.5, 0.6) is 11.5 Å². The zero-order valence-electron chi connectivity index (χ0n) is 15.8. The summed E-state index contributed by atoms with van der Waals surface area (Å²) in [4.78, 5) is 19.1. The van der Waals surface area contributed by atoms with Gasteiger partial charge in [0.1, 0.15) is 17.3 Å². The molecule has 28 heavy (non-hydrogen) atoms. The van der Waals surface area contributed by atoms with Crippen LogP contribution in [0.1, 0.15) is 15.9 Å². The Kier molecular flexibility index (Phi) is 4.85. The van der Waals surface area contributed by atoms with Crippen molar-refractivity contribution < 1.29 is 14.3 Å². The van der Waals surface area contributed by atoms with E-state index in [0.717, 1.165) is 17.8 Å². The maximum absolute atomic E-state index is 12.9. The molecule has 142 valence electrons. The number of ether oxygens (including phenoxy) is 2. The first-order chi connectivity index (χ1) is 13.7. The van der Waals surface area contributed by atoms with Gasteiger partial charge in [0.25, 0.3) is 5.91 Å². The van der Waals surface area contributed by atoms with Crippen molar-refractivity contribution in [1.29, 1.82) is 0 Å². The second kappa shape index (κ2) is 7.60. The van der Waals surface area contributed by atoms with Crippen LogP contribution in [0.25, 0.3) is 0 Å². The largest absolute Gasteiger partial charge is 0.497 e. The van der Waals surface area contributed by atoms with Crippen LogP contribution in [0.3, 0.4) is 0 Å². The molecule has 3 aromatic rings. The second-order valence-corrected chi connectivity index (χ2v) is 6.46. The average Bonchev–Trinajstić information content (AvgIpc) is 3.18. The van der Waals surface area contributed by atoms with Crippen molar-refractivity contribution in [2.45, 2.75) is 6.42 Å². The molecule has 6 nitrogen and oxygen atoms in total. The van der Waals surface area contributed by atoms with Crippen molar-refractivity contribution in [3.63, 3.8) is 0 Å². The van der Waals surface area contributed by atoms with E-state index in [1.54, 1.807) is 38.6 Å². The second-order valence-electron chi connectivity index (χ2n) is 6.46. The van der Waals surface area contributed by atoms with Gasteiger partial charge < -0.3 is 19.7 Å². The maximum atomic E-state index is 12.9. The van der Waals surface area contributed by atoms with Crippen molar-refractivity contribution in [1.82, 2.24) is 4.98 Å². The number of carbonyl (C=O) groups is 1. The zero-order valence-corrected chi connectivity index (χ0v) is 15.8. The number of hydrogen-bond donors (Lipinski definition) is 1. The Balaban J connectivity index is 1.51. The lowest BCUT2D eigenvalue weighted by molar-refractivity contribution is 0.0989. The predicted octanol–water partition coefficient (Wildman–Crippen LogP) is 4.05. The fourth-order valence-electron chi connectivity index (χ4n) is 3.34. The van der Waals surface area contributed by atoms with Crippen LogP contribution in [0.2, 0.25) is 0 Å². The van der Waals surface area contributed by atoms with E-state index < -0.39 is 0 Å². The van der Waals surface area contributed by atoms with E-state index in [1.165, 1.54) is 5.56 Å². The van der Waals surface area contributed by atoms with E-state index in [-0.39, 0.29) is 5.91 Å². The highest BCUT2D eigenvalue weighted by molar-refractivity contribution is 6.07. The highest BCUT2D eigenvalue weighted by atomic mass is 16.5. The fourth-order valence-corrected chi connectivity index (χ4v) is 3.34. The van der Waals surface area contributed by atoms with Gasteiger partial charge in [0, 0.05) is 24.5 Å². The van der Waals surface area contributed by atoms with Crippen LogP contribution < -0.4 is 19.7 Å². The molecule has 0 bridgehead atoms. The molecule has 0 fully saturated rings. The van der Waals surface area contributed by atoms with Crippen LogP contribution in [0, 0.1) is 0 Å². The van der Waals surface area contributed by atoms with Gasteiger partial charge >= 0.3 is 0 Å². The minimum Gasteiger partial charge on any atom is -0.497 e. The molecule has 0 spiro atoms. The molecule has 1 amide bonds. The molecule has 0 atom stereocenters. The maximum Gasteiger partial charge on any atom is 0.259 e. The lowest BCUT2D eigenvalue weighted by atomic mass is 10.2. The van der Waals surface area contributed by atoms with Crippen LogP contribution in [0.15, 0.2) is 60.8 Å². The van der Waals surface area contributed by atoms with Crippen molar-refractivity contribution in [2.24, 2.45) is 0 Å². The molecule has 0 aliphatic carbocycles. The van der Waals surface area contributed by atoms with E-state index in [4.69, 9.17) is 9.47 Å². The molecule has 2 aromatic carbocycles. The first-order valence-corrected chi connectivity index (χ1v) is 9.04. The van der Waals surface area contributed by atoms with E-state index >= 15 is 0 Å². The molecule has 2 heterocycles. The number of anilines is 3. The number of nitrogens with zero attached hydrogens (tertiary/aromatic N) is 2. The number of methoxy groups -OCH3 is 2. The number of para-hydroxylation sites is 1. The van der Waals surface area contributed by atoms with Gasteiger partial charge in [-0.05, 0) is 42.3 Å². The highest BCUT2D eigenvalue weighted by Gasteiger charge is 2.25. The van der Waals surface area contributed by atoms with Crippen LogP contribution in [-0.2, 0) is 6.42 Å². The molecule has 6 heteroatoms. The van der Waals surface area contributed by atoms with Gasteiger partial charge in [-0.3, -0.25) is 4.79 Å². The van der Waals surface area contributed by atoms with E-state index in [1.807, 2.05) is 35.2 Å². The standard InChI is InChI=1S/C22H21N3O3/c1-27-17-8-9-18(20(13-17)28-2)24-21-10-7-16(14-23-21)22(26)25-12-11-15-5-3-4-6-19(15)25/h3-10,13-14H,11-12H2,1-2H3,(H,23,24). The number of nitrogens with one attached hydrogen (secondary N) is 1. The van der Waals surface area contributed by atoms with Gasteiger partial charge in [-0.1, -0.05) is 18.2 Å². The number of rotatable bonds is 5. The number of hydrogen-bond acceptors (Lipinski definition) is 5. The average molecular weight is 375 g/mol. The number of aromatic nitrogens is 1. The third-order valence-electron chi connectivity index (χ3n) is 4.81. The molecule has 4 rings (SSSR count). The summed E-state index contributed by atoms with van der Waals surface area (Å²) >= 11 is 0. The normalized spacial score (nSPS) is 12.4. The number of amides is 1. The number of fused-ring (bicyclic) bond motifs is 1. The lowest BCUT2D eigenvalue weighted by Gasteiger charge is -2.17. The van der Waals surface area contributed by atoms with Crippen molar-refractivity contribution in [3.05, 3.63) is 71.9 Å². The van der Waals surface area contributed by atoms with Crippen LogP contribution >= 0.6 is 0 Å². The molecule has 0 saturated heterocycles. The summed E-state index contributed by atoms with van der Waals surface area (Å²) in [5.74, 6) is 1.95. The smallest absolute Gasteiger partial charge is 0.259 e. The van der Waals surface area contributed by atoms with E-state index in [9.17, 15) is 4.79 Å². The highest BCUT2D eigenvalue weighted by Crippen LogP contribution is 2.31. The first-order valence-electron chi connectivity index (χ1n) is 9.04.